The number of halogens is 1. The summed E-state index contributed by atoms with van der Waals surface area (Å²) in [4.78, 5) is 13.0. The van der Waals surface area contributed by atoms with E-state index in [1.165, 1.54) is 21.5 Å². The van der Waals surface area contributed by atoms with Gasteiger partial charge in [-0.1, -0.05) is 11.3 Å². The van der Waals surface area contributed by atoms with E-state index in [-0.39, 0.29) is 4.87 Å². The van der Waals surface area contributed by atoms with Crippen molar-refractivity contribution in [1.29, 1.82) is 0 Å². The van der Waals surface area contributed by atoms with Crippen LogP contribution in [0.3, 0.4) is 0 Å². The molecule has 0 saturated heterocycles. The molecule has 1 aromatic rings. The molecule has 0 spiro atoms. The van der Waals surface area contributed by atoms with E-state index in [1.807, 2.05) is 0 Å². The Kier molecular flexibility index (Phi) is 2.16. The Morgan fingerprint density at radius 2 is 2.62 bits per heavy atom. The van der Waals surface area contributed by atoms with Gasteiger partial charge < -0.3 is 4.98 Å². The van der Waals surface area contributed by atoms with Gasteiger partial charge in [0.1, 0.15) is 0 Å². The number of rotatable bonds is 1. The first-order chi connectivity index (χ1) is 3.83. The molecule has 0 aliphatic carbocycles. The number of thiazole rings is 1. The van der Waals surface area contributed by atoms with Crippen molar-refractivity contribution in [2.24, 2.45) is 0 Å². The maximum atomic E-state index is 10.4. The molecule has 0 saturated carbocycles. The number of H-pyrrole nitrogens is 1. The zero-order valence-corrected chi connectivity index (χ0v) is 6.90. The second-order valence-corrected chi connectivity index (χ2v) is 3.50. The number of hydrogen-bond acceptors (Lipinski definition) is 3. The Balaban J connectivity index is 3.01. The Morgan fingerprint density at radius 1 is 1.88 bits per heavy atom. The minimum Gasteiger partial charge on any atom is -0.307 e. The molecule has 0 unspecified atom stereocenters. The molecule has 1 rings (SSSR count). The van der Waals surface area contributed by atoms with Gasteiger partial charge >= 0.3 is 4.87 Å². The molecule has 44 valence electrons. The highest BCUT2D eigenvalue weighted by atomic mass is 79.9. The number of aromatic nitrogens is 1. The van der Waals surface area contributed by atoms with Crippen molar-refractivity contribution in [2.45, 2.75) is 5.03 Å². The highest BCUT2D eigenvalue weighted by Crippen LogP contribution is 2.21. The second-order valence-electron chi connectivity index (χ2n) is 1.09. The molecule has 0 aliphatic heterocycles. The summed E-state index contributed by atoms with van der Waals surface area (Å²) in [5, 5.41) is 2.63. The summed E-state index contributed by atoms with van der Waals surface area (Å²) >= 11 is 4.29. The number of aromatic amines is 1. The van der Waals surface area contributed by atoms with Gasteiger partial charge in [0.25, 0.3) is 0 Å². The first kappa shape index (κ1) is 6.38. The van der Waals surface area contributed by atoms with Crippen LogP contribution in [0, 0.1) is 0 Å². The van der Waals surface area contributed by atoms with Gasteiger partial charge in [0.15, 0.2) is 0 Å². The summed E-state index contributed by atoms with van der Waals surface area (Å²) in [5.41, 5.74) is 0. The summed E-state index contributed by atoms with van der Waals surface area (Å²) in [7, 11) is 1.36. The molecule has 8 heavy (non-hydrogen) atoms. The van der Waals surface area contributed by atoms with E-state index in [2.05, 4.69) is 19.8 Å². The molecule has 2 nitrogen and oxygen atoms in total. The normalized spacial score (nSPS) is 9.62. The third kappa shape index (κ3) is 1.37. The quantitative estimate of drug-likeness (QED) is 0.770. The van der Waals surface area contributed by atoms with E-state index >= 15 is 0 Å². The smallest absolute Gasteiger partial charge is 0.305 e. The first-order valence-electron chi connectivity index (χ1n) is 1.79. The predicted molar refractivity (Wildman–Crippen MR) is 39.7 cm³/mol. The Bertz CT molecular complexity index is 217. The zero-order chi connectivity index (χ0) is 5.98. The molecular weight excluding hydrogens is 210 g/mol. The summed E-state index contributed by atoms with van der Waals surface area (Å²) in [6.45, 7) is 0. The van der Waals surface area contributed by atoms with Crippen LogP contribution in [-0.4, -0.2) is 4.98 Å². The van der Waals surface area contributed by atoms with Crippen LogP contribution >= 0.6 is 36.3 Å². The van der Waals surface area contributed by atoms with Crippen molar-refractivity contribution >= 4 is 36.3 Å². The monoisotopic (exact) mass is 211 g/mol. The predicted octanol–water partition coefficient (Wildman–Crippen LogP) is 1.84. The summed E-state index contributed by atoms with van der Waals surface area (Å²) in [6, 6.07) is 0. The van der Waals surface area contributed by atoms with Crippen molar-refractivity contribution in [3.8, 4) is 0 Å². The lowest BCUT2D eigenvalue weighted by atomic mass is 11.0. The molecular formula is C3H2BrNOS2. The lowest BCUT2D eigenvalue weighted by Crippen LogP contribution is -1.90. The Labute approximate surface area is 61.5 Å². The van der Waals surface area contributed by atoms with Crippen molar-refractivity contribution in [1.82, 2.24) is 4.98 Å². The van der Waals surface area contributed by atoms with Crippen molar-refractivity contribution in [3.05, 3.63) is 15.0 Å². The fraction of sp³-hybridized carbons (Fsp3) is 0. The molecule has 0 radical (unpaired) electrons. The second kappa shape index (κ2) is 2.70. The Hall–Kier alpha value is 0.260. The van der Waals surface area contributed by atoms with Crippen LogP contribution < -0.4 is 4.87 Å². The molecule has 0 bridgehead atoms. The van der Waals surface area contributed by atoms with Gasteiger partial charge in [0.2, 0.25) is 0 Å². The minimum absolute atomic E-state index is 0.00745. The van der Waals surface area contributed by atoms with E-state index in [4.69, 9.17) is 0 Å². The van der Waals surface area contributed by atoms with Gasteiger partial charge in [0, 0.05) is 5.38 Å². The number of hydrogen-bond donors (Lipinski definition) is 1. The van der Waals surface area contributed by atoms with E-state index in [1.54, 1.807) is 5.38 Å². The molecule has 1 N–H and O–H groups in total. The highest BCUT2D eigenvalue weighted by molar-refractivity contribution is 9.50. The van der Waals surface area contributed by atoms with Crippen molar-refractivity contribution in [3.63, 3.8) is 0 Å². The molecule has 0 aromatic carbocycles. The number of nitrogens with one attached hydrogen (secondary N) is 1. The molecule has 0 atom stereocenters. The van der Waals surface area contributed by atoms with Gasteiger partial charge in [-0.25, -0.2) is 0 Å². The fourth-order valence-electron chi connectivity index (χ4n) is 0.304. The summed E-state index contributed by atoms with van der Waals surface area (Å²) < 4.78 is 0. The minimum atomic E-state index is -0.00745. The van der Waals surface area contributed by atoms with E-state index in [0.29, 0.717) is 0 Å². The molecule has 0 amide bonds. The third-order valence-corrected chi connectivity index (χ3v) is 2.83. The average Bonchev–Trinajstić information content (AvgIpc) is 2.14. The topological polar surface area (TPSA) is 32.9 Å². The van der Waals surface area contributed by atoms with Crippen LogP contribution in [0.1, 0.15) is 0 Å². The average molecular weight is 212 g/mol. The SMILES string of the molecule is O=c1[nH]c(SBr)cs1. The van der Waals surface area contributed by atoms with Crippen LogP contribution in [0.2, 0.25) is 0 Å². The van der Waals surface area contributed by atoms with Crippen LogP contribution in [0.15, 0.2) is 15.2 Å². The van der Waals surface area contributed by atoms with E-state index < -0.39 is 0 Å². The largest absolute Gasteiger partial charge is 0.307 e. The van der Waals surface area contributed by atoms with Crippen molar-refractivity contribution in [2.75, 3.05) is 0 Å². The highest BCUT2D eigenvalue weighted by Gasteiger charge is 1.90. The standard InChI is InChI=1S/C3H2BrNOS2/c4-8-2-1-7-3(6)5-2/h1H,(H,5,6). The lowest BCUT2D eigenvalue weighted by Gasteiger charge is -1.76. The van der Waals surface area contributed by atoms with E-state index in [9.17, 15) is 4.79 Å². The summed E-state index contributed by atoms with van der Waals surface area (Å²) in [5.74, 6) is 0. The summed E-state index contributed by atoms with van der Waals surface area (Å²) in [6.07, 6.45) is 0. The maximum absolute atomic E-state index is 10.4. The van der Waals surface area contributed by atoms with Crippen molar-refractivity contribution < 1.29 is 0 Å². The van der Waals surface area contributed by atoms with Crippen LogP contribution in [0.25, 0.3) is 0 Å². The molecule has 1 aromatic heterocycles. The van der Waals surface area contributed by atoms with Crippen LogP contribution in [0.5, 0.6) is 0 Å². The molecule has 0 fully saturated rings. The lowest BCUT2D eigenvalue weighted by molar-refractivity contribution is 1.17. The fourth-order valence-corrected chi connectivity index (χ4v) is 2.16. The maximum Gasteiger partial charge on any atom is 0.305 e. The van der Waals surface area contributed by atoms with Crippen LogP contribution in [-0.2, 0) is 0 Å². The van der Waals surface area contributed by atoms with Gasteiger partial charge in [0.05, 0.1) is 5.03 Å². The van der Waals surface area contributed by atoms with Gasteiger partial charge in [-0.15, -0.1) is 0 Å². The molecule has 0 aliphatic rings. The van der Waals surface area contributed by atoms with Crippen LogP contribution in [0.4, 0.5) is 0 Å². The van der Waals surface area contributed by atoms with Gasteiger partial charge in [-0.3, -0.25) is 4.79 Å². The Morgan fingerprint density at radius 3 is 2.88 bits per heavy atom. The zero-order valence-electron chi connectivity index (χ0n) is 3.68. The first-order valence-corrected chi connectivity index (χ1v) is 5.33. The molecule has 5 heteroatoms. The van der Waals surface area contributed by atoms with Gasteiger partial charge in [-0.2, -0.15) is 0 Å². The molecule has 1 heterocycles. The van der Waals surface area contributed by atoms with E-state index in [0.717, 1.165) is 5.03 Å². The third-order valence-electron chi connectivity index (χ3n) is 0.581. The van der Waals surface area contributed by atoms with Gasteiger partial charge in [-0.05, 0) is 25.0 Å².